The first kappa shape index (κ1) is 9.42. The first-order chi connectivity index (χ1) is 5.04. The number of rotatable bonds is 3. The summed E-state index contributed by atoms with van der Waals surface area (Å²) in [5.41, 5.74) is -0.0394. The van der Waals surface area contributed by atoms with Crippen LogP contribution in [0.15, 0.2) is 23.8 Å². The van der Waals surface area contributed by atoms with Crippen LogP contribution in [0.5, 0.6) is 0 Å². The van der Waals surface area contributed by atoms with E-state index in [-0.39, 0.29) is 5.57 Å². The minimum Gasteiger partial charge on any atom is -0.545 e. The summed E-state index contributed by atoms with van der Waals surface area (Å²) in [4.78, 5) is 19.8. The highest BCUT2D eigenvalue weighted by Gasteiger charge is 1.83. The Labute approximate surface area is 63.5 Å². The molecule has 0 aromatic rings. The van der Waals surface area contributed by atoms with Crippen LogP contribution in [0.1, 0.15) is 6.92 Å². The molecule has 0 rings (SSSR count). The van der Waals surface area contributed by atoms with Gasteiger partial charge in [-0.3, -0.25) is 0 Å². The average Bonchev–Trinajstić information content (AvgIpc) is 1.86. The van der Waals surface area contributed by atoms with Gasteiger partial charge in [0.15, 0.2) is 0 Å². The monoisotopic (exact) mass is 154 g/mol. The van der Waals surface area contributed by atoms with Gasteiger partial charge in [-0.25, -0.2) is 0 Å². The third kappa shape index (κ3) is 4.90. The lowest BCUT2D eigenvalue weighted by atomic mass is 10.3. The van der Waals surface area contributed by atoms with Crippen LogP contribution in [0, 0.1) is 0 Å². The Morgan fingerprint density at radius 1 is 1.27 bits per heavy atom. The van der Waals surface area contributed by atoms with Crippen molar-refractivity contribution in [2.45, 2.75) is 6.92 Å². The summed E-state index contributed by atoms with van der Waals surface area (Å²) in [7, 11) is 0. The Kier molecular flexibility index (Phi) is 3.66. The van der Waals surface area contributed by atoms with E-state index in [9.17, 15) is 19.8 Å². The molecule has 4 heteroatoms. The van der Waals surface area contributed by atoms with Crippen molar-refractivity contribution in [3.63, 3.8) is 0 Å². The maximum Gasteiger partial charge on any atom is 0.0672 e. The van der Waals surface area contributed by atoms with Gasteiger partial charge in [0.25, 0.3) is 0 Å². The average molecular weight is 154 g/mol. The smallest absolute Gasteiger partial charge is 0.0672 e. The van der Waals surface area contributed by atoms with E-state index in [4.69, 9.17) is 0 Å². The van der Waals surface area contributed by atoms with Crippen LogP contribution in [-0.2, 0) is 9.59 Å². The second kappa shape index (κ2) is 4.27. The van der Waals surface area contributed by atoms with E-state index in [0.29, 0.717) is 0 Å². The third-order valence-electron chi connectivity index (χ3n) is 0.901. The zero-order chi connectivity index (χ0) is 8.85. The van der Waals surface area contributed by atoms with Gasteiger partial charge in [-0.1, -0.05) is 12.2 Å². The molecule has 0 aliphatic heterocycles. The van der Waals surface area contributed by atoms with Gasteiger partial charge in [-0.05, 0) is 18.6 Å². The van der Waals surface area contributed by atoms with Crippen LogP contribution >= 0.6 is 0 Å². The van der Waals surface area contributed by atoms with Crippen LogP contribution in [0.3, 0.4) is 0 Å². The summed E-state index contributed by atoms with van der Waals surface area (Å²) in [6.07, 6.45) is 2.91. The fraction of sp³-hybridized carbons (Fsp3) is 0.143. The molecular weight excluding hydrogens is 148 g/mol. The molecule has 60 valence electrons. The molecule has 0 amide bonds. The lowest BCUT2D eigenvalue weighted by molar-refractivity contribution is -0.300. The quantitative estimate of drug-likeness (QED) is 0.347. The zero-order valence-electron chi connectivity index (χ0n) is 5.87. The van der Waals surface area contributed by atoms with Crippen molar-refractivity contribution < 1.29 is 19.8 Å². The molecule has 0 bridgehead atoms. The summed E-state index contributed by atoms with van der Waals surface area (Å²) < 4.78 is 0. The van der Waals surface area contributed by atoms with Crippen molar-refractivity contribution in [3.05, 3.63) is 23.8 Å². The van der Waals surface area contributed by atoms with Crippen LogP contribution in [0.2, 0.25) is 0 Å². The van der Waals surface area contributed by atoms with Crippen LogP contribution in [-0.4, -0.2) is 11.9 Å². The predicted molar refractivity (Wildman–Crippen MR) is 32.9 cm³/mol. The van der Waals surface area contributed by atoms with Crippen molar-refractivity contribution in [1.29, 1.82) is 0 Å². The zero-order valence-corrected chi connectivity index (χ0v) is 5.87. The van der Waals surface area contributed by atoms with E-state index in [0.717, 1.165) is 18.2 Å². The van der Waals surface area contributed by atoms with Gasteiger partial charge in [0.2, 0.25) is 0 Å². The van der Waals surface area contributed by atoms with Crippen molar-refractivity contribution >= 4 is 11.9 Å². The topological polar surface area (TPSA) is 80.3 Å². The summed E-state index contributed by atoms with van der Waals surface area (Å²) in [6.45, 7) is 1.30. The fourth-order valence-electron chi connectivity index (χ4n) is 0.339. The Morgan fingerprint density at radius 3 is 2.18 bits per heavy atom. The number of carboxylic acids is 2. The molecule has 0 N–H and O–H groups in total. The molecule has 0 spiro atoms. The Morgan fingerprint density at radius 2 is 1.82 bits per heavy atom. The van der Waals surface area contributed by atoms with Crippen molar-refractivity contribution in [2.75, 3.05) is 0 Å². The van der Waals surface area contributed by atoms with Gasteiger partial charge in [0, 0.05) is 0 Å². The SMILES string of the molecule is C/C(=C/C=C\C(=O)[O-])C(=O)[O-]. The molecule has 0 aliphatic rings. The summed E-state index contributed by atoms with van der Waals surface area (Å²) in [6, 6.07) is 0. The summed E-state index contributed by atoms with van der Waals surface area (Å²) >= 11 is 0. The second-order valence-electron chi connectivity index (χ2n) is 1.82. The van der Waals surface area contributed by atoms with Gasteiger partial charge < -0.3 is 19.8 Å². The minimum atomic E-state index is -1.37. The standard InChI is InChI=1S/C7H8O4/c1-5(7(10)11)3-2-4-6(8)9/h2-4H,1H3,(H,8,9)(H,10,11)/p-2/b4-2-,5-3-. The molecule has 0 aromatic heterocycles. The van der Waals surface area contributed by atoms with E-state index in [1.54, 1.807) is 0 Å². The maximum absolute atomic E-state index is 10.00. The lowest BCUT2D eigenvalue weighted by Crippen LogP contribution is -2.23. The molecule has 0 saturated heterocycles. The normalized spacial score (nSPS) is 11.9. The number of carboxylic acid groups (broad SMARTS) is 2. The largest absolute Gasteiger partial charge is 0.545 e. The molecule has 0 fully saturated rings. The van der Waals surface area contributed by atoms with E-state index < -0.39 is 11.9 Å². The molecule has 0 saturated carbocycles. The molecule has 4 nitrogen and oxygen atoms in total. The Hall–Kier alpha value is -1.58. The lowest BCUT2D eigenvalue weighted by Gasteiger charge is -1.97. The van der Waals surface area contributed by atoms with Crippen molar-refractivity contribution in [3.8, 4) is 0 Å². The number of carbonyl (C=O) groups is 2. The Balaban J connectivity index is 4.13. The van der Waals surface area contributed by atoms with E-state index >= 15 is 0 Å². The third-order valence-corrected chi connectivity index (χ3v) is 0.901. The summed E-state index contributed by atoms with van der Waals surface area (Å²) in [5.74, 6) is -2.69. The van der Waals surface area contributed by atoms with Gasteiger partial charge in [0.05, 0.1) is 11.9 Å². The van der Waals surface area contributed by atoms with Gasteiger partial charge in [-0.2, -0.15) is 0 Å². The molecule has 0 aliphatic carbocycles. The van der Waals surface area contributed by atoms with Crippen LogP contribution in [0.25, 0.3) is 0 Å². The number of hydrogen-bond donors (Lipinski definition) is 0. The first-order valence-corrected chi connectivity index (χ1v) is 2.81. The van der Waals surface area contributed by atoms with Crippen molar-refractivity contribution in [2.24, 2.45) is 0 Å². The van der Waals surface area contributed by atoms with E-state index in [1.165, 1.54) is 6.92 Å². The van der Waals surface area contributed by atoms with Gasteiger partial charge >= 0.3 is 0 Å². The van der Waals surface area contributed by atoms with E-state index in [2.05, 4.69) is 0 Å². The van der Waals surface area contributed by atoms with Gasteiger partial charge in [0.1, 0.15) is 0 Å². The molecular formula is C7H6O4-2. The number of allylic oxidation sites excluding steroid dienone is 2. The van der Waals surface area contributed by atoms with Crippen LogP contribution < -0.4 is 10.2 Å². The van der Waals surface area contributed by atoms with Gasteiger partial charge in [-0.15, -0.1) is 0 Å². The molecule has 11 heavy (non-hydrogen) atoms. The molecule has 0 atom stereocenters. The van der Waals surface area contributed by atoms with Crippen molar-refractivity contribution in [1.82, 2.24) is 0 Å². The van der Waals surface area contributed by atoms with Crippen LogP contribution in [0.4, 0.5) is 0 Å². The highest BCUT2D eigenvalue weighted by Crippen LogP contribution is 1.89. The predicted octanol–water partition coefficient (Wildman–Crippen LogP) is -2.01. The number of aliphatic carboxylic acids is 2. The fourth-order valence-corrected chi connectivity index (χ4v) is 0.339. The first-order valence-electron chi connectivity index (χ1n) is 2.81. The Bertz CT molecular complexity index is 225. The second-order valence-corrected chi connectivity index (χ2v) is 1.82. The molecule has 0 heterocycles. The molecule has 0 unspecified atom stereocenters. The summed E-state index contributed by atoms with van der Waals surface area (Å²) in [5, 5.41) is 19.8. The number of carbonyl (C=O) groups excluding carboxylic acids is 2. The highest BCUT2D eigenvalue weighted by atomic mass is 16.4. The maximum atomic E-state index is 10.00. The van der Waals surface area contributed by atoms with E-state index in [1.807, 2.05) is 0 Å². The number of hydrogen-bond acceptors (Lipinski definition) is 4. The minimum absolute atomic E-state index is 0.0394. The molecule has 0 aromatic carbocycles. The molecule has 0 radical (unpaired) electrons. The highest BCUT2D eigenvalue weighted by molar-refractivity contribution is 5.85.